The third-order valence-electron chi connectivity index (χ3n) is 3.84. The minimum Gasteiger partial charge on any atom is -0.455 e. The maximum Gasteiger partial charge on any atom is 0.293 e. The van der Waals surface area contributed by atoms with Crippen LogP contribution < -0.4 is 5.32 Å². The lowest BCUT2D eigenvalue weighted by Gasteiger charge is -1.99. The Morgan fingerprint density at radius 3 is 2.45 bits per heavy atom. The molecule has 0 unspecified atom stereocenters. The van der Waals surface area contributed by atoms with Crippen molar-refractivity contribution in [1.82, 2.24) is 10.2 Å². The molecule has 29 heavy (non-hydrogen) atoms. The second-order valence-corrected chi connectivity index (χ2v) is 9.22. The topological polar surface area (TPSA) is 68.0 Å². The normalized spacial score (nSPS) is 10.8. The zero-order valence-electron chi connectivity index (χ0n) is 15.3. The highest BCUT2D eigenvalue weighted by Gasteiger charge is 2.14. The average molecular weight is 440 g/mol. The fourth-order valence-electron chi connectivity index (χ4n) is 2.45. The summed E-state index contributed by atoms with van der Waals surface area (Å²) in [5, 5.41) is 11.4. The van der Waals surface area contributed by atoms with Crippen LogP contribution in [-0.2, 0) is 11.5 Å². The molecule has 1 N–H and O–H groups in total. The number of carbonyl (C=O) groups is 1. The highest BCUT2D eigenvalue weighted by atomic mass is 32.2. The molecule has 146 valence electrons. The minimum atomic E-state index is -0.322. The molecule has 0 saturated heterocycles. The fourth-order valence-corrected chi connectivity index (χ4v) is 4.96. The maximum absolute atomic E-state index is 12.4. The lowest BCUT2D eigenvalue weighted by molar-refractivity contribution is 0.0995. The first-order chi connectivity index (χ1) is 14.3. The van der Waals surface area contributed by atoms with Crippen molar-refractivity contribution in [3.8, 4) is 0 Å². The van der Waals surface area contributed by atoms with Gasteiger partial charge < -0.3 is 4.42 Å². The van der Waals surface area contributed by atoms with E-state index in [2.05, 4.69) is 27.6 Å². The van der Waals surface area contributed by atoms with Gasteiger partial charge in [0.25, 0.3) is 5.91 Å². The van der Waals surface area contributed by atoms with Gasteiger partial charge in [-0.15, -0.1) is 22.0 Å². The number of aromatic nitrogens is 2. The first-order valence-corrected chi connectivity index (χ1v) is 11.6. The molecule has 2 heterocycles. The van der Waals surface area contributed by atoms with Gasteiger partial charge in [-0.3, -0.25) is 10.1 Å². The van der Waals surface area contributed by atoms with Gasteiger partial charge >= 0.3 is 0 Å². The third kappa shape index (κ3) is 5.72. The minimum absolute atomic E-state index is 0.266. The van der Waals surface area contributed by atoms with Crippen LogP contribution in [0.3, 0.4) is 0 Å². The summed E-state index contributed by atoms with van der Waals surface area (Å²) in [6.07, 6.45) is 0. The van der Waals surface area contributed by atoms with E-state index < -0.39 is 0 Å². The van der Waals surface area contributed by atoms with Crippen LogP contribution in [0, 0.1) is 0 Å². The fraction of sp³-hybridized carbons (Fsp3) is 0.0952. The first kappa shape index (κ1) is 19.8. The van der Waals surface area contributed by atoms with Crippen LogP contribution >= 0.6 is 34.9 Å². The predicted octanol–water partition coefficient (Wildman–Crippen LogP) is 5.97. The van der Waals surface area contributed by atoms with Crippen LogP contribution in [0.25, 0.3) is 0 Å². The van der Waals surface area contributed by atoms with Crippen molar-refractivity contribution >= 4 is 45.9 Å². The molecule has 2 aromatic carbocycles. The molecule has 2 aromatic heterocycles. The third-order valence-corrected chi connectivity index (χ3v) is 6.92. The van der Waals surface area contributed by atoms with Crippen LogP contribution in [-0.4, -0.2) is 16.1 Å². The predicted molar refractivity (Wildman–Crippen MR) is 119 cm³/mol. The Bertz CT molecular complexity index is 1060. The van der Waals surface area contributed by atoms with Crippen LogP contribution in [0.1, 0.15) is 21.9 Å². The number of thioether (sulfide) groups is 2. The number of rotatable bonds is 8. The lowest BCUT2D eigenvalue weighted by Crippen LogP contribution is -2.10. The monoisotopic (exact) mass is 439 g/mol. The van der Waals surface area contributed by atoms with E-state index in [1.165, 1.54) is 16.9 Å². The quantitative estimate of drug-likeness (QED) is 0.269. The Morgan fingerprint density at radius 1 is 0.897 bits per heavy atom. The summed E-state index contributed by atoms with van der Waals surface area (Å²) in [4.78, 5) is 13.6. The van der Waals surface area contributed by atoms with Crippen molar-refractivity contribution in [2.24, 2.45) is 0 Å². The van der Waals surface area contributed by atoms with Crippen LogP contribution in [0.2, 0.25) is 0 Å². The van der Waals surface area contributed by atoms with Gasteiger partial charge in [0, 0.05) is 10.6 Å². The zero-order valence-corrected chi connectivity index (χ0v) is 17.7. The van der Waals surface area contributed by atoms with Crippen molar-refractivity contribution in [2.75, 3.05) is 5.32 Å². The Labute approximate surface area is 180 Å². The Kier molecular flexibility index (Phi) is 6.66. The molecule has 0 radical (unpaired) electrons. The van der Waals surface area contributed by atoms with Crippen LogP contribution in [0.15, 0.2) is 86.4 Å². The molecule has 0 spiro atoms. The lowest BCUT2D eigenvalue weighted by atomic mass is 10.2. The summed E-state index contributed by atoms with van der Waals surface area (Å²) in [5.74, 6) is 2.17. The summed E-state index contributed by atoms with van der Waals surface area (Å²) in [5.41, 5.74) is 1.22. The number of nitrogens with one attached hydrogen (secondary N) is 1. The van der Waals surface area contributed by atoms with Gasteiger partial charge in [0.1, 0.15) is 5.76 Å². The van der Waals surface area contributed by atoms with Crippen molar-refractivity contribution < 1.29 is 9.21 Å². The van der Waals surface area contributed by atoms with E-state index in [4.69, 9.17) is 4.42 Å². The summed E-state index contributed by atoms with van der Waals surface area (Å²) >= 11 is 4.61. The summed E-state index contributed by atoms with van der Waals surface area (Å²) in [6.45, 7) is 0. The van der Waals surface area contributed by atoms with Gasteiger partial charge in [0.15, 0.2) is 10.1 Å². The first-order valence-electron chi connectivity index (χ1n) is 8.84. The van der Waals surface area contributed by atoms with Gasteiger partial charge in [-0.05, 0) is 29.8 Å². The van der Waals surface area contributed by atoms with Crippen LogP contribution in [0.4, 0.5) is 5.13 Å². The molecule has 0 atom stereocenters. The van der Waals surface area contributed by atoms with Gasteiger partial charge in [0.2, 0.25) is 5.13 Å². The highest BCUT2D eigenvalue weighted by Crippen LogP contribution is 2.29. The molecule has 4 aromatic rings. The van der Waals surface area contributed by atoms with Crippen LogP contribution in [0.5, 0.6) is 0 Å². The molecule has 0 aliphatic rings. The molecular weight excluding hydrogens is 422 g/mol. The average Bonchev–Trinajstić information content (AvgIpc) is 3.42. The van der Waals surface area contributed by atoms with E-state index in [1.807, 2.05) is 54.6 Å². The van der Waals surface area contributed by atoms with Gasteiger partial charge in [0.05, 0.1) is 5.75 Å². The molecule has 0 aliphatic carbocycles. The number of benzene rings is 2. The van der Waals surface area contributed by atoms with E-state index in [-0.39, 0.29) is 11.7 Å². The number of furan rings is 1. The van der Waals surface area contributed by atoms with Crippen molar-refractivity contribution in [3.63, 3.8) is 0 Å². The van der Waals surface area contributed by atoms with E-state index >= 15 is 0 Å². The molecule has 8 heteroatoms. The molecule has 0 bridgehead atoms. The van der Waals surface area contributed by atoms with Crippen molar-refractivity contribution in [3.05, 3.63) is 89.9 Å². The Hall–Kier alpha value is -2.55. The van der Waals surface area contributed by atoms with Gasteiger partial charge in [-0.1, -0.05) is 71.6 Å². The molecule has 0 saturated carbocycles. The number of carbonyl (C=O) groups excluding carboxylic acids is 1. The van der Waals surface area contributed by atoms with Gasteiger partial charge in [-0.2, -0.15) is 0 Å². The van der Waals surface area contributed by atoms with E-state index in [1.54, 1.807) is 29.6 Å². The largest absolute Gasteiger partial charge is 0.455 e. The van der Waals surface area contributed by atoms with Gasteiger partial charge in [-0.25, -0.2) is 0 Å². The number of amides is 1. The second-order valence-electron chi connectivity index (χ2n) is 5.97. The number of anilines is 1. The molecular formula is C21H17N3O2S3. The highest BCUT2D eigenvalue weighted by molar-refractivity contribution is 8.00. The molecule has 1 amide bonds. The van der Waals surface area contributed by atoms with Crippen molar-refractivity contribution in [2.45, 2.75) is 20.7 Å². The SMILES string of the molecule is O=C(Nc1nnc(SCc2ccccc2)s1)c1ccc(CSc2ccccc2)o1. The van der Waals surface area contributed by atoms with Crippen molar-refractivity contribution in [1.29, 1.82) is 0 Å². The Balaban J connectivity index is 1.29. The number of hydrogen-bond donors (Lipinski definition) is 1. The summed E-state index contributed by atoms with van der Waals surface area (Å²) in [6, 6.07) is 23.7. The maximum atomic E-state index is 12.4. The van der Waals surface area contributed by atoms with E-state index in [0.29, 0.717) is 10.9 Å². The number of hydrogen-bond acceptors (Lipinski definition) is 7. The Morgan fingerprint density at radius 2 is 1.66 bits per heavy atom. The molecule has 0 aliphatic heterocycles. The molecule has 5 nitrogen and oxygen atoms in total. The second kappa shape index (κ2) is 9.78. The zero-order chi connectivity index (χ0) is 19.9. The van der Waals surface area contributed by atoms with E-state index in [9.17, 15) is 4.79 Å². The standard InChI is InChI=1S/C21H17N3O2S3/c25-19(18-12-11-16(26-18)14-27-17-9-5-2-6-10-17)22-20-23-24-21(29-20)28-13-15-7-3-1-4-8-15/h1-12H,13-14H2,(H,22,23,25). The number of nitrogens with zero attached hydrogens (tertiary/aromatic N) is 2. The van der Waals surface area contributed by atoms with E-state index in [0.717, 1.165) is 20.7 Å². The molecule has 4 rings (SSSR count). The summed E-state index contributed by atoms with van der Waals surface area (Å²) < 4.78 is 6.48. The molecule has 0 fully saturated rings. The smallest absolute Gasteiger partial charge is 0.293 e. The summed E-state index contributed by atoms with van der Waals surface area (Å²) in [7, 11) is 0.